The molecule has 2 fully saturated rings. The maximum absolute atomic E-state index is 4.82. The van der Waals surface area contributed by atoms with Crippen molar-refractivity contribution in [2.75, 3.05) is 49.1 Å². The Morgan fingerprint density at radius 3 is 2.40 bits per heavy atom. The molecule has 2 aromatic rings. The van der Waals surface area contributed by atoms with E-state index in [1.54, 1.807) is 0 Å². The Morgan fingerprint density at radius 1 is 0.880 bits per heavy atom. The van der Waals surface area contributed by atoms with Crippen LogP contribution in [0, 0.1) is 6.92 Å². The molecule has 2 aliphatic rings. The fraction of sp³-hybridized carbons (Fsp3) is 0.500. The topological polar surface area (TPSA) is 35.5 Å². The molecule has 5 nitrogen and oxygen atoms in total. The van der Waals surface area contributed by atoms with Gasteiger partial charge in [-0.1, -0.05) is 24.3 Å². The summed E-state index contributed by atoms with van der Waals surface area (Å²) in [7, 11) is 0. The molecule has 132 valence electrons. The summed E-state index contributed by atoms with van der Waals surface area (Å²) in [6.07, 6.45) is 4.46. The molecule has 0 spiro atoms. The number of nitrogens with zero attached hydrogens (tertiary/aromatic N) is 5. The molecule has 0 atom stereocenters. The number of rotatable bonds is 4. The average Bonchev–Trinajstić information content (AvgIpc) is 3.19. The first-order chi connectivity index (χ1) is 12.3. The molecule has 3 heterocycles. The summed E-state index contributed by atoms with van der Waals surface area (Å²) in [6, 6.07) is 10.7. The highest BCUT2D eigenvalue weighted by molar-refractivity contribution is 5.44. The molecule has 4 rings (SSSR count). The highest BCUT2D eigenvalue weighted by atomic mass is 15.3. The predicted molar refractivity (Wildman–Crippen MR) is 102 cm³/mol. The normalized spacial score (nSPS) is 18.8. The van der Waals surface area contributed by atoms with Gasteiger partial charge in [-0.25, -0.2) is 4.98 Å². The van der Waals surface area contributed by atoms with Crippen molar-refractivity contribution in [1.82, 2.24) is 14.9 Å². The Labute approximate surface area is 150 Å². The molecule has 0 aliphatic carbocycles. The van der Waals surface area contributed by atoms with Gasteiger partial charge in [0, 0.05) is 52.0 Å². The highest BCUT2D eigenvalue weighted by Gasteiger charge is 2.21. The molecule has 1 aromatic carbocycles. The van der Waals surface area contributed by atoms with E-state index in [0.717, 1.165) is 57.6 Å². The first-order valence-corrected chi connectivity index (χ1v) is 9.39. The van der Waals surface area contributed by atoms with Gasteiger partial charge < -0.3 is 9.80 Å². The van der Waals surface area contributed by atoms with Gasteiger partial charge in [0.05, 0.1) is 0 Å². The second-order valence-electron chi connectivity index (χ2n) is 7.10. The number of hydrogen-bond donors (Lipinski definition) is 0. The van der Waals surface area contributed by atoms with Gasteiger partial charge in [-0.2, -0.15) is 4.98 Å². The minimum atomic E-state index is 0.889. The Hall–Kier alpha value is -2.14. The zero-order valence-electron chi connectivity index (χ0n) is 15.1. The van der Waals surface area contributed by atoms with Crippen LogP contribution in [0.2, 0.25) is 0 Å². The molecule has 0 radical (unpaired) electrons. The lowest BCUT2D eigenvalue weighted by Gasteiger charge is -2.35. The largest absolute Gasteiger partial charge is 0.356 e. The molecule has 1 aromatic heterocycles. The van der Waals surface area contributed by atoms with E-state index in [9.17, 15) is 0 Å². The molecule has 0 saturated carbocycles. The van der Waals surface area contributed by atoms with E-state index < -0.39 is 0 Å². The van der Waals surface area contributed by atoms with E-state index in [1.165, 1.54) is 24.0 Å². The Bertz CT molecular complexity index is 703. The SMILES string of the molecule is Cc1ccccc1CN1CCN(c2nccc(N3CCCC3)n2)CC1. The maximum Gasteiger partial charge on any atom is 0.227 e. The van der Waals surface area contributed by atoms with Crippen molar-refractivity contribution in [2.24, 2.45) is 0 Å². The van der Waals surface area contributed by atoms with Gasteiger partial charge in [-0.15, -0.1) is 0 Å². The van der Waals surface area contributed by atoms with Crippen LogP contribution in [0.4, 0.5) is 11.8 Å². The Morgan fingerprint density at radius 2 is 1.64 bits per heavy atom. The van der Waals surface area contributed by atoms with Crippen LogP contribution in [-0.2, 0) is 6.54 Å². The molecule has 0 bridgehead atoms. The van der Waals surface area contributed by atoms with Crippen molar-refractivity contribution >= 4 is 11.8 Å². The van der Waals surface area contributed by atoms with Crippen molar-refractivity contribution in [2.45, 2.75) is 26.3 Å². The summed E-state index contributed by atoms with van der Waals surface area (Å²) in [5.74, 6) is 1.98. The zero-order valence-corrected chi connectivity index (χ0v) is 15.1. The van der Waals surface area contributed by atoms with E-state index in [1.807, 2.05) is 12.3 Å². The monoisotopic (exact) mass is 337 g/mol. The van der Waals surface area contributed by atoms with Gasteiger partial charge >= 0.3 is 0 Å². The number of aryl methyl sites for hydroxylation is 1. The van der Waals surface area contributed by atoms with Crippen LogP contribution < -0.4 is 9.80 Å². The zero-order chi connectivity index (χ0) is 17.1. The van der Waals surface area contributed by atoms with Crippen LogP contribution in [0.25, 0.3) is 0 Å². The average molecular weight is 337 g/mol. The molecular weight excluding hydrogens is 310 g/mol. The summed E-state index contributed by atoms with van der Waals surface area (Å²) in [4.78, 5) is 16.6. The van der Waals surface area contributed by atoms with Crippen molar-refractivity contribution < 1.29 is 0 Å². The van der Waals surface area contributed by atoms with Crippen LogP contribution in [0.3, 0.4) is 0 Å². The van der Waals surface area contributed by atoms with E-state index >= 15 is 0 Å². The van der Waals surface area contributed by atoms with E-state index in [4.69, 9.17) is 4.98 Å². The lowest BCUT2D eigenvalue weighted by Crippen LogP contribution is -2.46. The van der Waals surface area contributed by atoms with E-state index in [2.05, 4.69) is 50.9 Å². The predicted octanol–water partition coefficient (Wildman–Crippen LogP) is 2.71. The fourth-order valence-corrected chi connectivity index (χ4v) is 3.75. The fourth-order valence-electron chi connectivity index (χ4n) is 3.75. The molecule has 25 heavy (non-hydrogen) atoms. The maximum atomic E-state index is 4.82. The van der Waals surface area contributed by atoms with Gasteiger partial charge in [0.25, 0.3) is 0 Å². The Kier molecular flexibility index (Phi) is 4.83. The van der Waals surface area contributed by atoms with Crippen molar-refractivity contribution in [1.29, 1.82) is 0 Å². The minimum Gasteiger partial charge on any atom is -0.356 e. The first-order valence-electron chi connectivity index (χ1n) is 9.39. The molecule has 0 amide bonds. The van der Waals surface area contributed by atoms with Gasteiger partial charge in [-0.3, -0.25) is 4.90 Å². The molecule has 2 saturated heterocycles. The summed E-state index contributed by atoms with van der Waals surface area (Å²) in [5.41, 5.74) is 2.81. The third kappa shape index (κ3) is 3.76. The van der Waals surface area contributed by atoms with Crippen LogP contribution in [0.5, 0.6) is 0 Å². The van der Waals surface area contributed by atoms with Gasteiger partial charge in [0.2, 0.25) is 5.95 Å². The number of piperazine rings is 1. The lowest BCUT2D eigenvalue weighted by molar-refractivity contribution is 0.248. The van der Waals surface area contributed by atoms with Crippen LogP contribution in [0.15, 0.2) is 36.5 Å². The second kappa shape index (κ2) is 7.40. The van der Waals surface area contributed by atoms with Gasteiger partial charge in [0.15, 0.2) is 0 Å². The van der Waals surface area contributed by atoms with E-state index in [-0.39, 0.29) is 0 Å². The van der Waals surface area contributed by atoms with Gasteiger partial charge in [-0.05, 0) is 37.0 Å². The van der Waals surface area contributed by atoms with Crippen molar-refractivity contribution in [3.63, 3.8) is 0 Å². The van der Waals surface area contributed by atoms with Crippen LogP contribution >= 0.6 is 0 Å². The Balaban J connectivity index is 1.37. The summed E-state index contributed by atoms with van der Waals surface area (Å²) in [5, 5.41) is 0. The smallest absolute Gasteiger partial charge is 0.227 e. The van der Waals surface area contributed by atoms with E-state index in [0.29, 0.717) is 0 Å². The lowest BCUT2D eigenvalue weighted by atomic mass is 10.1. The molecule has 0 N–H and O–H groups in total. The minimum absolute atomic E-state index is 0.889. The molecule has 5 heteroatoms. The third-order valence-corrected chi connectivity index (χ3v) is 5.37. The second-order valence-corrected chi connectivity index (χ2v) is 7.10. The van der Waals surface area contributed by atoms with Crippen LogP contribution in [-0.4, -0.2) is 54.1 Å². The molecular formula is C20H27N5. The standard InChI is InChI=1S/C20H27N5/c1-17-6-2-3-7-18(17)16-23-12-14-25(15-13-23)20-21-9-8-19(22-20)24-10-4-5-11-24/h2-3,6-9H,4-5,10-16H2,1H3. The number of benzene rings is 1. The number of hydrogen-bond acceptors (Lipinski definition) is 5. The summed E-state index contributed by atoms with van der Waals surface area (Å²) in [6.45, 7) is 9.60. The van der Waals surface area contributed by atoms with Crippen LogP contribution in [0.1, 0.15) is 24.0 Å². The highest BCUT2D eigenvalue weighted by Crippen LogP contribution is 2.21. The van der Waals surface area contributed by atoms with Crippen molar-refractivity contribution in [3.05, 3.63) is 47.7 Å². The number of anilines is 2. The summed E-state index contributed by atoms with van der Waals surface area (Å²) >= 11 is 0. The quantitative estimate of drug-likeness (QED) is 0.857. The molecule has 0 unspecified atom stereocenters. The molecule has 2 aliphatic heterocycles. The third-order valence-electron chi connectivity index (χ3n) is 5.37. The first kappa shape index (κ1) is 16.3. The van der Waals surface area contributed by atoms with Crippen molar-refractivity contribution in [3.8, 4) is 0 Å². The summed E-state index contributed by atoms with van der Waals surface area (Å²) < 4.78 is 0. The van der Waals surface area contributed by atoms with Gasteiger partial charge in [0.1, 0.15) is 5.82 Å². The number of aromatic nitrogens is 2.